The molecule has 8 nitrogen and oxygen atoms in total. The van der Waals surface area contributed by atoms with Crippen LogP contribution in [0.15, 0.2) is 0 Å². The van der Waals surface area contributed by atoms with Gasteiger partial charge in [-0.25, -0.2) is 8.42 Å². The van der Waals surface area contributed by atoms with Crippen LogP contribution in [-0.4, -0.2) is 87.0 Å². The molecule has 2 heterocycles. The van der Waals surface area contributed by atoms with Crippen molar-refractivity contribution in [1.82, 2.24) is 13.5 Å². The molecule has 2 aliphatic heterocycles. The van der Waals surface area contributed by atoms with Gasteiger partial charge >= 0.3 is 0 Å². The number of hydrogen-bond acceptors (Lipinski definition) is 5. The van der Waals surface area contributed by atoms with Crippen LogP contribution < -0.4 is 0 Å². The van der Waals surface area contributed by atoms with E-state index in [-0.39, 0.29) is 36.5 Å². The zero-order valence-electron chi connectivity index (χ0n) is 15.3. The Morgan fingerprint density at radius 1 is 1.00 bits per heavy atom. The van der Waals surface area contributed by atoms with Crippen LogP contribution >= 0.6 is 0 Å². The number of nitrogens with zero attached hydrogens (tertiary/aromatic N) is 3. The molecular formula is C16H29N3O5S2. The molecule has 3 fully saturated rings. The molecule has 0 spiro atoms. The lowest BCUT2D eigenvalue weighted by atomic mass is 9.96. The van der Waals surface area contributed by atoms with Gasteiger partial charge < -0.3 is 4.90 Å². The van der Waals surface area contributed by atoms with E-state index in [1.807, 2.05) is 0 Å². The first-order valence-electron chi connectivity index (χ1n) is 9.43. The van der Waals surface area contributed by atoms with Crippen molar-refractivity contribution in [2.24, 2.45) is 5.92 Å². The van der Waals surface area contributed by atoms with Gasteiger partial charge in [0.15, 0.2) is 9.84 Å². The number of sulfone groups is 1. The van der Waals surface area contributed by atoms with Gasteiger partial charge in [0, 0.05) is 39.3 Å². The standard InChI is InChI=1S/C16H29N3O5S2/c1-17(15-5-3-2-4-6-15)26(23,24)19-10-8-18(9-11-19)16(20)14-7-12-25(21,22)13-14/h14-15H,2-13H2,1H3. The second-order valence-electron chi connectivity index (χ2n) is 7.64. The first-order chi connectivity index (χ1) is 12.2. The molecule has 1 unspecified atom stereocenters. The van der Waals surface area contributed by atoms with Crippen LogP contribution in [-0.2, 0) is 24.8 Å². The first-order valence-corrected chi connectivity index (χ1v) is 12.6. The molecule has 0 N–H and O–H groups in total. The molecule has 0 bridgehead atoms. The van der Waals surface area contributed by atoms with Crippen LogP contribution in [0.2, 0.25) is 0 Å². The van der Waals surface area contributed by atoms with E-state index >= 15 is 0 Å². The Morgan fingerprint density at radius 2 is 1.62 bits per heavy atom. The van der Waals surface area contributed by atoms with Gasteiger partial charge in [-0.05, 0) is 19.3 Å². The van der Waals surface area contributed by atoms with Crippen LogP contribution in [0.5, 0.6) is 0 Å². The number of piperazine rings is 1. The van der Waals surface area contributed by atoms with E-state index in [9.17, 15) is 21.6 Å². The molecule has 3 rings (SSSR count). The summed E-state index contributed by atoms with van der Waals surface area (Å²) in [5, 5.41) is 0. The minimum absolute atomic E-state index is 0.0668. The molecule has 1 aliphatic carbocycles. The summed E-state index contributed by atoms with van der Waals surface area (Å²) < 4.78 is 51.9. The van der Waals surface area contributed by atoms with Crippen molar-refractivity contribution >= 4 is 26.0 Å². The highest BCUT2D eigenvalue weighted by atomic mass is 32.2. The molecule has 1 saturated carbocycles. The highest BCUT2D eigenvalue weighted by Crippen LogP contribution is 2.26. The normalized spacial score (nSPS) is 28.5. The van der Waals surface area contributed by atoms with Crippen molar-refractivity contribution in [2.45, 2.75) is 44.6 Å². The van der Waals surface area contributed by atoms with Crippen molar-refractivity contribution in [3.8, 4) is 0 Å². The van der Waals surface area contributed by atoms with Crippen LogP contribution in [0.1, 0.15) is 38.5 Å². The third-order valence-corrected chi connectivity index (χ3v) is 9.72. The van der Waals surface area contributed by atoms with Crippen LogP contribution in [0.25, 0.3) is 0 Å². The Kier molecular flexibility index (Phi) is 5.96. The molecule has 1 amide bonds. The van der Waals surface area contributed by atoms with E-state index in [1.165, 1.54) is 15.0 Å². The molecule has 2 saturated heterocycles. The average molecular weight is 408 g/mol. The van der Waals surface area contributed by atoms with Crippen LogP contribution in [0.3, 0.4) is 0 Å². The molecule has 0 radical (unpaired) electrons. The highest BCUT2D eigenvalue weighted by molar-refractivity contribution is 7.91. The van der Waals surface area contributed by atoms with E-state index in [1.54, 1.807) is 11.9 Å². The second kappa shape index (κ2) is 7.73. The highest BCUT2D eigenvalue weighted by Gasteiger charge is 2.39. The molecule has 1 atom stereocenters. The van der Waals surface area contributed by atoms with E-state index < -0.39 is 26.0 Å². The summed E-state index contributed by atoms with van der Waals surface area (Å²) in [4.78, 5) is 14.1. The van der Waals surface area contributed by atoms with Crippen molar-refractivity contribution in [1.29, 1.82) is 0 Å². The SMILES string of the molecule is CN(C1CCCCC1)S(=O)(=O)N1CCN(C(=O)C2CCS(=O)(=O)C2)CC1. The lowest BCUT2D eigenvalue weighted by Crippen LogP contribution is -2.56. The molecule has 0 aromatic rings. The lowest BCUT2D eigenvalue weighted by Gasteiger charge is -2.39. The third-order valence-electron chi connectivity index (χ3n) is 5.91. The molecule has 150 valence electrons. The topological polar surface area (TPSA) is 95.1 Å². The fraction of sp³-hybridized carbons (Fsp3) is 0.938. The Bertz CT molecular complexity index is 723. The largest absolute Gasteiger partial charge is 0.340 e. The van der Waals surface area contributed by atoms with E-state index in [4.69, 9.17) is 0 Å². The van der Waals surface area contributed by atoms with Gasteiger partial charge in [-0.1, -0.05) is 19.3 Å². The first kappa shape index (κ1) is 20.0. The average Bonchev–Trinajstić information content (AvgIpc) is 3.01. The molecule has 0 aromatic carbocycles. The zero-order valence-corrected chi connectivity index (χ0v) is 17.0. The maximum atomic E-state index is 12.9. The van der Waals surface area contributed by atoms with Crippen molar-refractivity contribution in [2.75, 3.05) is 44.7 Å². The third kappa shape index (κ3) is 4.23. The van der Waals surface area contributed by atoms with Gasteiger partial charge in [-0.2, -0.15) is 17.0 Å². The van der Waals surface area contributed by atoms with Gasteiger partial charge in [0.1, 0.15) is 0 Å². The summed E-state index contributed by atoms with van der Waals surface area (Å²) in [6.45, 7) is 1.19. The summed E-state index contributed by atoms with van der Waals surface area (Å²) in [6.07, 6.45) is 5.50. The number of amides is 1. The molecule has 26 heavy (non-hydrogen) atoms. The predicted octanol–water partition coefficient (Wildman–Crippen LogP) is 0.0746. The summed E-state index contributed by atoms with van der Waals surface area (Å²) in [5.41, 5.74) is 0. The molecule has 3 aliphatic rings. The van der Waals surface area contributed by atoms with Gasteiger partial charge in [0.25, 0.3) is 10.2 Å². The van der Waals surface area contributed by atoms with E-state index in [0.717, 1.165) is 25.7 Å². The van der Waals surface area contributed by atoms with Crippen molar-refractivity contribution < 1.29 is 21.6 Å². The van der Waals surface area contributed by atoms with Gasteiger partial charge in [0.2, 0.25) is 5.91 Å². The molecule has 0 aromatic heterocycles. The van der Waals surface area contributed by atoms with Gasteiger partial charge in [-0.15, -0.1) is 0 Å². The maximum Gasteiger partial charge on any atom is 0.282 e. The molecular weight excluding hydrogens is 378 g/mol. The van der Waals surface area contributed by atoms with Gasteiger partial charge in [0.05, 0.1) is 17.4 Å². The second-order valence-corrected chi connectivity index (χ2v) is 11.9. The lowest BCUT2D eigenvalue weighted by molar-refractivity contribution is -0.135. The summed E-state index contributed by atoms with van der Waals surface area (Å²) in [6, 6.07) is 0.0668. The van der Waals surface area contributed by atoms with Crippen LogP contribution in [0, 0.1) is 5.92 Å². The maximum absolute atomic E-state index is 12.9. The quantitative estimate of drug-likeness (QED) is 0.657. The minimum atomic E-state index is -3.52. The number of carbonyl (C=O) groups is 1. The number of hydrogen-bond donors (Lipinski definition) is 0. The number of carbonyl (C=O) groups excluding carboxylic acids is 1. The summed E-state index contributed by atoms with van der Waals surface area (Å²) in [5.74, 6) is -0.615. The van der Waals surface area contributed by atoms with Crippen LogP contribution in [0.4, 0.5) is 0 Å². The number of rotatable bonds is 4. The Labute approximate surface area is 156 Å². The van der Waals surface area contributed by atoms with E-state index in [0.29, 0.717) is 19.5 Å². The molecule has 10 heteroatoms. The van der Waals surface area contributed by atoms with Crippen molar-refractivity contribution in [3.63, 3.8) is 0 Å². The van der Waals surface area contributed by atoms with Crippen molar-refractivity contribution in [3.05, 3.63) is 0 Å². The van der Waals surface area contributed by atoms with E-state index in [2.05, 4.69) is 0 Å². The monoisotopic (exact) mass is 407 g/mol. The van der Waals surface area contributed by atoms with Gasteiger partial charge in [-0.3, -0.25) is 4.79 Å². The zero-order chi connectivity index (χ0) is 18.9. The Hall–Kier alpha value is -0.710. The fourth-order valence-electron chi connectivity index (χ4n) is 4.20. The summed E-state index contributed by atoms with van der Waals surface area (Å²) >= 11 is 0. The smallest absolute Gasteiger partial charge is 0.282 e. The summed E-state index contributed by atoms with van der Waals surface area (Å²) in [7, 11) is -4.95. The Morgan fingerprint density at radius 3 is 2.15 bits per heavy atom. The predicted molar refractivity (Wildman–Crippen MR) is 98.5 cm³/mol. The Balaban J connectivity index is 1.56. The fourth-order valence-corrected chi connectivity index (χ4v) is 7.51. The minimum Gasteiger partial charge on any atom is -0.340 e.